The molecule has 0 radical (unpaired) electrons. The molecule has 0 aliphatic carbocycles. The smallest absolute Gasteiger partial charge is 0.254 e. The van der Waals surface area contributed by atoms with E-state index in [-0.39, 0.29) is 10.8 Å². The van der Waals surface area contributed by atoms with Gasteiger partial charge < -0.3 is 10.7 Å². The van der Waals surface area contributed by atoms with Gasteiger partial charge in [0.05, 0.1) is 0 Å². The molecule has 72 valence electrons. The SMILES string of the molecule is Cc1cnc(SC(C)CN)[nH]c1=O. The topological polar surface area (TPSA) is 71.8 Å². The fraction of sp³-hybridized carbons (Fsp3) is 0.500. The van der Waals surface area contributed by atoms with Crippen LogP contribution >= 0.6 is 11.8 Å². The average Bonchev–Trinajstić information content (AvgIpc) is 2.11. The Morgan fingerprint density at radius 3 is 3.00 bits per heavy atom. The van der Waals surface area contributed by atoms with Crippen molar-refractivity contribution < 1.29 is 0 Å². The first-order valence-electron chi connectivity index (χ1n) is 4.06. The van der Waals surface area contributed by atoms with Gasteiger partial charge in [-0.15, -0.1) is 0 Å². The van der Waals surface area contributed by atoms with Crippen LogP contribution in [-0.2, 0) is 0 Å². The fourth-order valence-electron chi connectivity index (χ4n) is 0.741. The van der Waals surface area contributed by atoms with E-state index < -0.39 is 0 Å². The largest absolute Gasteiger partial charge is 0.329 e. The Morgan fingerprint density at radius 2 is 2.46 bits per heavy atom. The Balaban J connectivity index is 2.80. The summed E-state index contributed by atoms with van der Waals surface area (Å²) >= 11 is 1.47. The zero-order chi connectivity index (χ0) is 9.84. The van der Waals surface area contributed by atoms with E-state index in [1.807, 2.05) is 6.92 Å². The number of nitrogens with two attached hydrogens (primary N) is 1. The Hall–Kier alpha value is -0.810. The molecule has 1 rings (SSSR count). The molecule has 4 nitrogen and oxygen atoms in total. The lowest BCUT2D eigenvalue weighted by Gasteiger charge is -2.06. The van der Waals surface area contributed by atoms with E-state index in [2.05, 4.69) is 9.97 Å². The lowest BCUT2D eigenvalue weighted by atomic mass is 10.4. The van der Waals surface area contributed by atoms with Crippen LogP contribution in [0, 0.1) is 6.92 Å². The normalized spacial score (nSPS) is 12.8. The molecule has 3 N–H and O–H groups in total. The van der Waals surface area contributed by atoms with E-state index in [0.29, 0.717) is 17.3 Å². The van der Waals surface area contributed by atoms with E-state index in [1.165, 1.54) is 11.8 Å². The summed E-state index contributed by atoms with van der Waals surface area (Å²) in [6.45, 7) is 4.29. The van der Waals surface area contributed by atoms with Gasteiger partial charge in [0.1, 0.15) is 0 Å². The van der Waals surface area contributed by atoms with E-state index in [1.54, 1.807) is 13.1 Å². The molecule has 13 heavy (non-hydrogen) atoms. The third-order valence-corrected chi connectivity index (χ3v) is 2.62. The van der Waals surface area contributed by atoms with Gasteiger partial charge in [-0.3, -0.25) is 4.79 Å². The molecule has 0 amide bonds. The maximum atomic E-state index is 11.2. The fourth-order valence-corrected chi connectivity index (χ4v) is 1.48. The second-order valence-electron chi connectivity index (χ2n) is 2.86. The van der Waals surface area contributed by atoms with Crippen LogP contribution in [0.4, 0.5) is 0 Å². The van der Waals surface area contributed by atoms with Crippen molar-refractivity contribution in [3.63, 3.8) is 0 Å². The van der Waals surface area contributed by atoms with Gasteiger partial charge in [0.15, 0.2) is 5.16 Å². The number of aromatic nitrogens is 2. The molecule has 0 bridgehead atoms. The molecule has 1 atom stereocenters. The van der Waals surface area contributed by atoms with Crippen LogP contribution in [0.1, 0.15) is 12.5 Å². The third kappa shape index (κ3) is 2.86. The third-order valence-electron chi connectivity index (χ3n) is 1.60. The van der Waals surface area contributed by atoms with Crippen LogP contribution < -0.4 is 11.3 Å². The predicted octanol–water partition coefficient (Wildman–Crippen LogP) is 0.518. The number of H-pyrrole nitrogens is 1. The second-order valence-corrected chi connectivity index (χ2v) is 4.29. The van der Waals surface area contributed by atoms with Crippen molar-refractivity contribution in [3.05, 3.63) is 22.1 Å². The maximum absolute atomic E-state index is 11.2. The molecule has 0 saturated heterocycles. The molecular weight excluding hydrogens is 186 g/mol. The van der Waals surface area contributed by atoms with Crippen molar-refractivity contribution in [2.45, 2.75) is 24.3 Å². The molecule has 0 saturated carbocycles. The molecule has 0 aliphatic heterocycles. The van der Waals surface area contributed by atoms with E-state index in [4.69, 9.17) is 5.73 Å². The van der Waals surface area contributed by atoms with Gasteiger partial charge in [0.2, 0.25) is 0 Å². The maximum Gasteiger partial charge on any atom is 0.254 e. The molecule has 1 heterocycles. The zero-order valence-corrected chi connectivity index (χ0v) is 8.52. The number of aryl methyl sites for hydroxylation is 1. The van der Waals surface area contributed by atoms with Crippen LogP contribution in [0.2, 0.25) is 0 Å². The van der Waals surface area contributed by atoms with Crippen molar-refractivity contribution in [1.29, 1.82) is 0 Å². The van der Waals surface area contributed by atoms with Gasteiger partial charge in [-0.25, -0.2) is 4.98 Å². The molecule has 0 spiro atoms. The monoisotopic (exact) mass is 199 g/mol. The summed E-state index contributed by atoms with van der Waals surface area (Å²) in [5, 5.41) is 0.902. The van der Waals surface area contributed by atoms with E-state index >= 15 is 0 Å². The van der Waals surface area contributed by atoms with Crippen molar-refractivity contribution in [2.75, 3.05) is 6.54 Å². The first-order valence-corrected chi connectivity index (χ1v) is 4.94. The number of nitrogens with zero attached hydrogens (tertiary/aromatic N) is 1. The standard InChI is InChI=1S/C8H13N3OS/c1-5-4-10-8(11-7(5)12)13-6(2)3-9/h4,6H,3,9H2,1-2H3,(H,10,11,12). The molecule has 1 unspecified atom stereocenters. The minimum atomic E-state index is -0.0817. The van der Waals surface area contributed by atoms with Crippen molar-refractivity contribution in [3.8, 4) is 0 Å². The first-order chi connectivity index (χ1) is 6.13. The molecule has 0 fully saturated rings. The highest BCUT2D eigenvalue weighted by atomic mass is 32.2. The molecule has 5 heteroatoms. The number of nitrogens with one attached hydrogen (secondary N) is 1. The first kappa shape index (κ1) is 10.3. The minimum absolute atomic E-state index is 0.0817. The summed E-state index contributed by atoms with van der Waals surface area (Å²) in [5.41, 5.74) is 5.99. The minimum Gasteiger partial charge on any atom is -0.329 e. The molecule has 0 aliphatic rings. The number of hydrogen-bond acceptors (Lipinski definition) is 4. The highest BCUT2D eigenvalue weighted by molar-refractivity contribution is 7.99. The second kappa shape index (κ2) is 4.43. The number of aromatic amines is 1. The number of thioether (sulfide) groups is 1. The summed E-state index contributed by atoms with van der Waals surface area (Å²) in [6, 6.07) is 0. The Bertz CT molecular complexity index is 336. The average molecular weight is 199 g/mol. The number of hydrogen-bond donors (Lipinski definition) is 2. The summed E-state index contributed by atoms with van der Waals surface area (Å²) in [6.07, 6.45) is 1.57. The van der Waals surface area contributed by atoms with Crippen LogP contribution in [0.15, 0.2) is 16.1 Å². The predicted molar refractivity (Wildman–Crippen MR) is 54.0 cm³/mol. The van der Waals surface area contributed by atoms with Crippen molar-refractivity contribution in [1.82, 2.24) is 9.97 Å². The van der Waals surface area contributed by atoms with Crippen LogP contribution in [0.5, 0.6) is 0 Å². The highest BCUT2D eigenvalue weighted by Gasteiger charge is 2.04. The Morgan fingerprint density at radius 1 is 1.77 bits per heavy atom. The van der Waals surface area contributed by atoms with E-state index in [0.717, 1.165) is 0 Å². The highest BCUT2D eigenvalue weighted by Crippen LogP contribution is 2.16. The summed E-state index contributed by atoms with van der Waals surface area (Å²) in [5.74, 6) is 0. The molecule has 0 aromatic carbocycles. The summed E-state index contributed by atoms with van der Waals surface area (Å²) in [4.78, 5) is 17.9. The van der Waals surface area contributed by atoms with Crippen LogP contribution in [0.25, 0.3) is 0 Å². The summed E-state index contributed by atoms with van der Waals surface area (Å²) in [7, 11) is 0. The van der Waals surface area contributed by atoms with Crippen LogP contribution in [0.3, 0.4) is 0 Å². The number of rotatable bonds is 3. The van der Waals surface area contributed by atoms with Gasteiger partial charge in [-0.1, -0.05) is 18.7 Å². The van der Waals surface area contributed by atoms with Gasteiger partial charge in [-0.2, -0.15) is 0 Å². The Kier molecular flexibility index (Phi) is 3.50. The van der Waals surface area contributed by atoms with E-state index in [9.17, 15) is 4.79 Å². The summed E-state index contributed by atoms with van der Waals surface area (Å²) < 4.78 is 0. The lowest BCUT2D eigenvalue weighted by Crippen LogP contribution is -2.16. The van der Waals surface area contributed by atoms with Crippen molar-refractivity contribution >= 4 is 11.8 Å². The van der Waals surface area contributed by atoms with Gasteiger partial charge in [-0.05, 0) is 6.92 Å². The van der Waals surface area contributed by atoms with Crippen molar-refractivity contribution in [2.24, 2.45) is 5.73 Å². The molecule has 1 aromatic rings. The zero-order valence-electron chi connectivity index (χ0n) is 7.70. The van der Waals surface area contributed by atoms with Gasteiger partial charge in [0.25, 0.3) is 5.56 Å². The molecule has 1 aromatic heterocycles. The Labute approximate surface area is 81.0 Å². The quantitative estimate of drug-likeness (QED) is 0.550. The van der Waals surface area contributed by atoms with Gasteiger partial charge in [0, 0.05) is 23.6 Å². The lowest BCUT2D eigenvalue weighted by molar-refractivity contribution is 0.891. The molecular formula is C8H13N3OS. The van der Waals surface area contributed by atoms with Gasteiger partial charge >= 0.3 is 0 Å². The van der Waals surface area contributed by atoms with Crippen LogP contribution in [-0.4, -0.2) is 21.8 Å².